The summed E-state index contributed by atoms with van der Waals surface area (Å²) in [6, 6.07) is 1.66. The highest BCUT2D eigenvalue weighted by Crippen LogP contribution is 2.24. The minimum Gasteiger partial charge on any atom is -0.460 e. The molecule has 78 valence electrons. The lowest BCUT2D eigenvalue weighted by Crippen LogP contribution is -2.05. The Labute approximate surface area is 83.0 Å². The van der Waals surface area contributed by atoms with Crippen LogP contribution in [0.15, 0.2) is 10.5 Å². The molecule has 1 heterocycles. The summed E-state index contributed by atoms with van der Waals surface area (Å²) < 4.78 is 10.1. The van der Waals surface area contributed by atoms with Crippen LogP contribution in [0, 0.1) is 0 Å². The van der Waals surface area contributed by atoms with E-state index in [1.807, 2.05) is 13.8 Å². The first-order chi connectivity index (χ1) is 6.56. The number of esters is 1. The molecular formula is C10H15NO3. The molecule has 0 bridgehead atoms. The summed E-state index contributed by atoms with van der Waals surface area (Å²) in [4.78, 5) is 11.3. The molecule has 0 radical (unpaired) electrons. The van der Waals surface area contributed by atoms with Crippen molar-refractivity contribution >= 4 is 11.7 Å². The number of nitrogen functional groups attached to an aromatic ring is 1. The Kier molecular flexibility index (Phi) is 3.17. The maximum absolute atomic E-state index is 11.3. The third-order valence-corrected chi connectivity index (χ3v) is 1.81. The molecule has 1 aromatic heterocycles. The van der Waals surface area contributed by atoms with Crippen LogP contribution in [-0.4, -0.2) is 12.6 Å². The summed E-state index contributed by atoms with van der Waals surface area (Å²) in [6.45, 7) is 5.98. The molecule has 4 nitrogen and oxygen atoms in total. The average Bonchev–Trinajstić information content (AvgIpc) is 2.48. The molecule has 0 amide bonds. The van der Waals surface area contributed by atoms with Gasteiger partial charge in [0.25, 0.3) is 0 Å². The first-order valence-corrected chi connectivity index (χ1v) is 4.62. The minimum absolute atomic E-state index is 0.107. The Hall–Kier alpha value is -1.45. The number of nitrogens with two attached hydrogens (primary N) is 1. The fourth-order valence-electron chi connectivity index (χ4n) is 1.07. The van der Waals surface area contributed by atoms with Gasteiger partial charge in [-0.2, -0.15) is 0 Å². The zero-order valence-corrected chi connectivity index (χ0v) is 8.66. The molecule has 0 aliphatic rings. The number of hydrogen-bond donors (Lipinski definition) is 1. The van der Waals surface area contributed by atoms with E-state index in [2.05, 4.69) is 0 Å². The number of anilines is 1. The predicted octanol–water partition coefficient (Wildman–Crippen LogP) is 2.16. The van der Waals surface area contributed by atoms with E-state index >= 15 is 0 Å². The molecule has 0 aliphatic heterocycles. The Balaban J connectivity index is 2.92. The van der Waals surface area contributed by atoms with Gasteiger partial charge in [-0.1, -0.05) is 13.8 Å². The van der Waals surface area contributed by atoms with Crippen molar-refractivity contribution in [1.82, 2.24) is 0 Å². The lowest BCUT2D eigenvalue weighted by Gasteiger charge is -1.99. The molecule has 0 saturated carbocycles. The van der Waals surface area contributed by atoms with Crippen LogP contribution >= 0.6 is 0 Å². The third kappa shape index (κ3) is 2.07. The van der Waals surface area contributed by atoms with E-state index in [1.54, 1.807) is 13.0 Å². The molecule has 0 saturated heterocycles. The Bertz CT molecular complexity index is 328. The van der Waals surface area contributed by atoms with Crippen molar-refractivity contribution in [3.8, 4) is 0 Å². The number of carbonyl (C=O) groups is 1. The molecule has 14 heavy (non-hydrogen) atoms. The van der Waals surface area contributed by atoms with Gasteiger partial charge in [-0.3, -0.25) is 0 Å². The smallest absolute Gasteiger partial charge is 0.376 e. The summed E-state index contributed by atoms with van der Waals surface area (Å²) in [7, 11) is 0. The zero-order chi connectivity index (χ0) is 10.7. The number of hydrogen-bond acceptors (Lipinski definition) is 4. The van der Waals surface area contributed by atoms with Crippen molar-refractivity contribution in [2.75, 3.05) is 12.3 Å². The van der Waals surface area contributed by atoms with E-state index in [4.69, 9.17) is 14.9 Å². The van der Waals surface area contributed by atoms with E-state index in [9.17, 15) is 4.79 Å². The molecular weight excluding hydrogens is 182 g/mol. The van der Waals surface area contributed by atoms with Crippen LogP contribution in [0.5, 0.6) is 0 Å². The van der Waals surface area contributed by atoms with Crippen LogP contribution in [0.3, 0.4) is 0 Å². The molecule has 0 unspecified atom stereocenters. The monoisotopic (exact) mass is 197 g/mol. The number of furan rings is 1. The van der Waals surface area contributed by atoms with Crippen LogP contribution in [0.25, 0.3) is 0 Å². The van der Waals surface area contributed by atoms with Gasteiger partial charge >= 0.3 is 5.97 Å². The highest BCUT2D eigenvalue weighted by Gasteiger charge is 2.18. The molecule has 4 heteroatoms. The summed E-state index contributed by atoms with van der Waals surface area (Å²) in [6.07, 6.45) is 0. The summed E-state index contributed by atoms with van der Waals surface area (Å²) in [5.74, 6) is 0.512. The lowest BCUT2D eigenvalue weighted by atomic mass is 10.1. The lowest BCUT2D eigenvalue weighted by molar-refractivity contribution is 0.0489. The second-order valence-electron chi connectivity index (χ2n) is 3.31. The molecule has 0 atom stereocenters. The molecule has 0 spiro atoms. The first kappa shape index (κ1) is 10.6. The molecule has 0 fully saturated rings. The predicted molar refractivity (Wildman–Crippen MR) is 53.2 cm³/mol. The second-order valence-corrected chi connectivity index (χ2v) is 3.31. The fourth-order valence-corrected chi connectivity index (χ4v) is 1.07. The van der Waals surface area contributed by atoms with E-state index in [-0.39, 0.29) is 11.7 Å². The quantitative estimate of drug-likeness (QED) is 0.754. The number of rotatable bonds is 3. The van der Waals surface area contributed by atoms with Crippen LogP contribution < -0.4 is 5.73 Å². The van der Waals surface area contributed by atoms with Gasteiger partial charge in [0.05, 0.1) is 12.3 Å². The van der Waals surface area contributed by atoms with Gasteiger partial charge in [-0.25, -0.2) is 4.79 Å². The largest absolute Gasteiger partial charge is 0.460 e. The van der Waals surface area contributed by atoms with Crippen molar-refractivity contribution in [3.63, 3.8) is 0 Å². The zero-order valence-electron chi connectivity index (χ0n) is 8.66. The number of ether oxygens (including phenoxy) is 1. The van der Waals surface area contributed by atoms with E-state index < -0.39 is 5.97 Å². The van der Waals surface area contributed by atoms with Gasteiger partial charge in [0.2, 0.25) is 5.76 Å². The maximum atomic E-state index is 11.3. The van der Waals surface area contributed by atoms with Crippen LogP contribution in [-0.2, 0) is 4.74 Å². The van der Waals surface area contributed by atoms with Crippen molar-refractivity contribution in [3.05, 3.63) is 17.6 Å². The molecule has 0 aliphatic carbocycles. The van der Waals surface area contributed by atoms with Gasteiger partial charge < -0.3 is 14.9 Å². The van der Waals surface area contributed by atoms with Gasteiger partial charge in [-0.15, -0.1) is 0 Å². The van der Waals surface area contributed by atoms with Crippen molar-refractivity contribution in [2.24, 2.45) is 0 Å². The molecule has 2 N–H and O–H groups in total. The fraction of sp³-hybridized carbons (Fsp3) is 0.500. The Morgan fingerprint density at radius 2 is 2.29 bits per heavy atom. The SMILES string of the molecule is CCOC(=O)c1oc(C(C)C)cc1N. The van der Waals surface area contributed by atoms with E-state index in [0.29, 0.717) is 18.1 Å². The van der Waals surface area contributed by atoms with Crippen LogP contribution in [0.2, 0.25) is 0 Å². The van der Waals surface area contributed by atoms with Crippen molar-refractivity contribution < 1.29 is 13.9 Å². The highest BCUT2D eigenvalue weighted by atomic mass is 16.5. The highest BCUT2D eigenvalue weighted by molar-refractivity contribution is 5.92. The number of carbonyl (C=O) groups excluding carboxylic acids is 1. The summed E-state index contributed by atoms with van der Waals surface area (Å²) >= 11 is 0. The standard InChI is InChI=1S/C10H15NO3/c1-4-13-10(12)9-7(11)5-8(14-9)6(2)3/h5-6H,4,11H2,1-3H3. The van der Waals surface area contributed by atoms with Crippen LogP contribution in [0.1, 0.15) is 43.0 Å². The minimum atomic E-state index is -0.503. The van der Waals surface area contributed by atoms with Gasteiger partial charge in [0, 0.05) is 12.0 Å². The van der Waals surface area contributed by atoms with Gasteiger partial charge in [0.1, 0.15) is 5.76 Å². The maximum Gasteiger partial charge on any atom is 0.376 e. The second kappa shape index (κ2) is 4.17. The van der Waals surface area contributed by atoms with Gasteiger partial charge in [-0.05, 0) is 6.92 Å². The van der Waals surface area contributed by atoms with Crippen molar-refractivity contribution in [1.29, 1.82) is 0 Å². The van der Waals surface area contributed by atoms with E-state index in [0.717, 1.165) is 0 Å². The van der Waals surface area contributed by atoms with Crippen LogP contribution in [0.4, 0.5) is 5.69 Å². The Morgan fingerprint density at radius 1 is 1.64 bits per heavy atom. The summed E-state index contributed by atoms with van der Waals surface area (Å²) in [5.41, 5.74) is 5.96. The average molecular weight is 197 g/mol. The molecule has 1 aromatic rings. The van der Waals surface area contributed by atoms with Crippen molar-refractivity contribution in [2.45, 2.75) is 26.7 Å². The molecule has 1 rings (SSSR count). The Morgan fingerprint density at radius 3 is 2.71 bits per heavy atom. The van der Waals surface area contributed by atoms with E-state index in [1.165, 1.54) is 0 Å². The first-order valence-electron chi connectivity index (χ1n) is 4.62. The third-order valence-electron chi connectivity index (χ3n) is 1.81. The topological polar surface area (TPSA) is 65.5 Å². The summed E-state index contributed by atoms with van der Waals surface area (Å²) in [5, 5.41) is 0. The van der Waals surface area contributed by atoms with Gasteiger partial charge in [0.15, 0.2) is 0 Å². The normalized spacial score (nSPS) is 10.6. The molecule has 0 aromatic carbocycles.